The number of aliphatic carboxylic acids is 1. The second kappa shape index (κ2) is 7.40. The summed E-state index contributed by atoms with van der Waals surface area (Å²) in [7, 11) is 0. The lowest BCUT2D eigenvalue weighted by Crippen LogP contribution is -2.46. The van der Waals surface area contributed by atoms with Gasteiger partial charge in [-0.15, -0.1) is 0 Å². The lowest BCUT2D eigenvalue weighted by Gasteiger charge is -2.17. The molecule has 1 aromatic rings. The molecular formula is C12H20N4O3. The van der Waals surface area contributed by atoms with Gasteiger partial charge in [0.05, 0.1) is 6.04 Å². The van der Waals surface area contributed by atoms with Gasteiger partial charge < -0.3 is 20.7 Å². The third kappa shape index (κ3) is 4.99. The van der Waals surface area contributed by atoms with E-state index in [0.29, 0.717) is 12.2 Å². The Morgan fingerprint density at radius 2 is 2.21 bits per heavy atom. The largest absolute Gasteiger partial charge is 0.480 e. The van der Waals surface area contributed by atoms with Crippen molar-refractivity contribution in [3.63, 3.8) is 0 Å². The molecule has 0 aromatic carbocycles. The van der Waals surface area contributed by atoms with E-state index < -0.39 is 18.0 Å². The Morgan fingerprint density at radius 3 is 2.74 bits per heavy atom. The molecule has 0 aliphatic heterocycles. The zero-order valence-corrected chi connectivity index (χ0v) is 11.1. The van der Waals surface area contributed by atoms with Gasteiger partial charge in [0.25, 0.3) is 0 Å². The highest BCUT2D eigenvalue weighted by Crippen LogP contribution is 2.05. The van der Waals surface area contributed by atoms with E-state index in [4.69, 9.17) is 5.11 Å². The van der Waals surface area contributed by atoms with Gasteiger partial charge in [-0.2, -0.15) is 0 Å². The van der Waals surface area contributed by atoms with Crippen LogP contribution in [0.5, 0.6) is 0 Å². The highest BCUT2D eigenvalue weighted by atomic mass is 16.4. The highest BCUT2D eigenvalue weighted by Gasteiger charge is 2.20. The fourth-order valence-corrected chi connectivity index (χ4v) is 1.64. The molecule has 106 valence electrons. The standard InChI is InChI=1S/C12H20N4O3/c1-3-4-5-9(11(17)18)16-12(19)15-8(2)10-13-6-7-14-10/h6-9H,3-5H2,1-2H3,(H,13,14)(H,17,18)(H2,15,16,19)/t8?,9-/m0/s1. The number of H-pyrrole nitrogens is 1. The molecule has 0 aliphatic carbocycles. The number of carbonyl (C=O) groups is 2. The number of rotatable bonds is 7. The van der Waals surface area contributed by atoms with Gasteiger partial charge in [0.15, 0.2) is 0 Å². The number of nitrogens with zero attached hydrogens (tertiary/aromatic N) is 1. The molecule has 19 heavy (non-hydrogen) atoms. The van der Waals surface area contributed by atoms with Crippen molar-refractivity contribution in [2.45, 2.75) is 45.2 Å². The summed E-state index contributed by atoms with van der Waals surface area (Å²) in [6.45, 7) is 3.73. The molecule has 2 amide bonds. The molecule has 0 aliphatic rings. The summed E-state index contributed by atoms with van der Waals surface area (Å²) in [6, 6.07) is -1.67. The van der Waals surface area contributed by atoms with Crippen LogP contribution in [0.1, 0.15) is 45.0 Å². The summed E-state index contributed by atoms with van der Waals surface area (Å²) in [5.41, 5.74) is 0. The zero-order chi connectivity index (χ0) is 14.3. The molecule has 0 saturated carbocycles. The maximum absolute atomic E-state index is 11.7. The lowest BCUT2D eigenvalue weighted by molar-refractivity contribution is -0.139. The van der Waals surface area contributed by atoms with Gasteiger partial charge in [0, 0.05) is 12.4 Å². The van der Waals surface area contributed by atoms with Gasteiger partial charge in [-0.3, -0.25) is 0 Å². The minimum absolute atomic E-state index is 0.310. The van der Waals surface area contributed by atoms with Crippen LogP contribution in [-0.4, -0.2) is 33.1 Å². The van der Waals surface area contributed by atoms with E-state index >= 15 is 0 Å². The number of hydrogen-bond donors (Lipinski definition) is 4. The summed E-state index contributed by atoms with van der Waals surface area (Å²) < 4.78 is 0. The highest BCUT2D eigenvalue weighted by molar-refractivity contribution is 5.82. The normalized spacial score (nSPS) is 13.6. The Morgan fingerprint density at radius 1 is 1.47 bits per heavy atom. The minimum Gasteiger partial charge on any atom is -0.480 e. The molecule has 1 unspecified atom stereocenters. The summed E-state index contributed by atoms with van der Waals surface area (Å²) in [5.74, 6) is -0.398. The zero-order valence-electron chi connectivity index (χ0n) is 11.1. The van der Waals surface area contributed by atoms with Crippen LogP contribution in [-0.2, 0) is 4.79 Å². The number of amides is 2. The number of urea groups is 1. The molecule has 7 nitrogen and oxygen atoms in total. The maximum atomic E-state index is 11.7. The molecule has 0 saturated heterocycles. The van der Waals surface area contributed by atoms with Crippen LogP contribution in [0.15, 0.2) is 12.4 Å². The molecule has 1 rings (SSSR count). The van der Waals surface area contributed by atoms with E-state index in [1.807, 2.05) is 6.92 Å². The monoisotopic (exact) mass is 268 g/mol. The Hall–Kier alpha value is -2.05. The van der Waals surface area contributed by atoms with Crippen LogP contribution in [0.2, 0.25) is 0 Å². The van der Waals surface area contributed by atoms with Crippen molar-refractivity contribution in [1.82, 2.24) is 20.6 Å². The molecule has 4 N–H and O–H groups in total. The summed E-state index contributed by atoms with van der Waals surface area (Å²) >= 11 is 0. The van der Waals surface area contributed by atoms with Gasteiger partial charge in [0.2, 0.25) is 0 Å². The maximum Gasteiger partial charge on any atom is 0.326 e. The summed E-state index contributed by atoms with van der Waals surface area (Å²) in [4.78, 5) is 29.6. The second-order valence-corrected chi connectivity index (χ2v) is 4.35. The first-order valence-corrected chi connectivity index (χ1v) is 6.33. The average Bonchev–Trinajstić information content (AvgIpc) is 2.87. The van der Waals surface area contributed by atoms with Crippen molar-refractivity contribution in [2.75, 3.05) is 0 Å². The molecule has 0 fully saturated rings. The molecule has 7 heteroatoms. The van der Waals surface area contributed by atoms with Crippen molar-refractivity contribution in [3.8, 4) is 0 Å². The van der Waals surface area contributed by atoms with Gasteiger partial charge in [0.1, 0.15) is 11.9 Å². The van der Waals surface area contributed by atoms with E-state index in [-0.39, 0.29) is 6.04 Å². The first-order valence-electron chi connectivity index (χ1n) is 6.33. The van der Waals surface area contributed by atoms with Gasteiger partial charge in [-0.25, -0.2) is 14.6 Å². The molecular weight excluding hydrogens is 248 g/mol. The van der Waals surface area contributed by atoms with E-state index in [1.54, 1.807) is 19.3 Å². The number of hydrogen-bond acceptors (Lipinski definition) is 3. The number of carboxylic acid groups (broad SMARTS) is 1. The predicted molar refractivity (Wildman–Crippen MR) is 69.6 cm³/mol. The SMILES string of the molecule is CCCC[C@H](NC(=O)NC(C)c1ncc[nH]1)C(=O)O. The fourth-order valence-electron chi connectivity index (χ4n) is 1.64. The van der Waals surface area contributed by atoms with Crippen molar-refractivity contribution < 1.29 is 14.7 Å². The van der Waals surface area contributed by atoms with E-state index in [9.17, 15) is 9.59 Å². The summed E-state index contributed by atoms with van der Waals surface area (Å²) in [5, 5.41) is 14.1. The third-order valence-corrected chi connectivity index (χ3v) is 2.73. The number of unbranched alkanes of at least 4 members (excludes halogenated alkanes) is 1. The van der Waals surface area contributed by atoms with Crippen LogP contribution in [0.4, 0.5) is 4.79 Å². The first-order chi connectivity index (χ1) is 9.04. The number of carboxylic acids is 1. The van der Waals surface area contributed by atoms with Gasteiger partial charge in [-0.1, -0.05) is 19.8 Å². The molecule has 1 aromatic heterocycles. The Bertz CT molecular complexity index is 405. The van der Waals surface area contributed by atoms with Crippen LogP contribution in [0, 0.1) is 0 Å². The summed E-state index contributed by atoms with van der Waals surface area (Å²) in [6.07, 6.45) is 5.31. The number of imidazole rings is 1. The van der Waals surface area contributed by atoms with Crippen molar-refractivity contribution >= 4 is 12.0 Å². The van der Waals surface area contributed by atoms with E-state index in [1.165, 1.54) is 0 Å². The minimum atomic E-state index is -1.02. The number of aromatic amines is 1. The number of aromatic nitrogens is 2. The van der Waals surface area contributed by atoms with Crippen molar-refractivity contribution in [1.29, 1.82) is 0 Å². The number of nitrogens with one attached hydrogen (secondary N) is 3. The molecule has 0 radical (unpaired) electrons. The van der Waals surface area contributed by atoms with Crippen molar-refractivity contribution in [3.05, 3.63) is 18.2 Å². The first kappa shape index (κ1) is 15.0. The Kier molecular flexibility index (Phi) is 5.84. The molecule has 0 bridgehead atoms. The number of carbonyl (C=O) groups excluding carboxylic acids is 1. The predicted octanol–water partition coefficient (Wildman–Crippen LogP) is 1.41. The van der Waals surface area contributed by atoms with Crippen LogP contribution in [0.3, 0.4) is 0 Å². The third-order valence-electron chi connectivity index (χ3n) is 2.73. The fraction of sp³-hybridized carbons (Fsp3) is 0.583. The lowest BCUT2D eigenvalue weighted by atomic mass is 10.1. The molecule has 0 spiro atoms. The van der Waals surface area contributed by atoms with Crippen molar-refractivity contribution in [2.24, 2.45) is 0 Å². The van der Waals surface area contributed by atoms with Crippen LogP contribution >= 0.6 is 0 Å². The van der Waals surface area contributed by atoms with Gasteiger partial charge >= 0.3 is 12.0 Å². The van der Waals surface area contributed by atoms with Crippen LogP contribution < -0.4 is 10.6 Å². The van der Waals surface area contributed by atoms with E-state index in [0.717, 1.165) is 12.8 Å². The average molecular weight is 268 g/mol. The van der Waals surface area contributed by atoms with E-state index in [2.05, 4.69) is 20.6 Å². The van der Waals surface area contributed by atoms with Gasteiger partial charge in [-0.05, 0) is 13.3 Å². The Balaban J connectivity index is 2.46. The Labute approximate surface area is 111 Å². The topological polar surface area (TPSA) is 107 Å². The quantitative estimate of drug-likeness (QED) is 0.599. The molecule has 1 heterocycles. The second-order valence-electron chi connectivity index (χ2n) is 4.35. The smallest absolute Gasteiger partial charge is 0.326 e. The molecule has 2 atom stereocenters. The van der Waals surface area contributed by atoms with Crippen LogP contribution in [0.25, 0.3) is 0 Å².